The molecule has 0 amide bonds. The molecule has 0 spiro atoms. The molecule has 1 aromatic carbocycles. The highest BCUT2D eigenvalue weighted by Crippen LogP contribution is 2.26. The highest BCUT2D eigenvalue weighted by molar-refractivity contribution is 5.29. The molecule has 1 saturated carbocycles. The predicted molar refractivity (Wildman–Crippen MR) is 72.8 cm³/mol. The summed E-state index contributed by atoms with van der Waals surface area (Å²) in [6, 6.07) is 9.43. The molecular weight excluding hydrogens is 242 g/mol. The number of nitrogens with one attached hydrogen (secondary N) is 1. The first-order chi connectivity index (χ1) is 9.27. The van der Waals surface area contributed by atoms with Gasteiger partial charge in [0.05, 0.1) is 11.7 Å². The molecule has 1 aliphatic rings. The largest absolute Gasteiger partial charge is 0.349 e. The average molecular weight is 259 g/mol. The van der Waals surface area contributed by atoms with E-state index in [1.165, 1.54) is 11.1 Å². The molecule has 19 heavy (non-hydrogen) atoms. The van der Waals surface area contributed by atoms with Gasteiger partial charge in [-0.1, -0.05) is 37.5 Å². The number of nitrogens with zero attached hydrogens (tertiary/aromatic N) is 2. The standard InChI is InChI=1S/C14H17N3O2/c18-13-15-14(19)17(12-9-5-2-6-10-12)16(13)11-7-3-1-4-8-11/h1,3-4,7-8,12H,2,5-6,9-10H2,(H,15,18,19). The summed E-state index contributed by atoms with van der Waals surface area (Å²) in [6.45, 7) is 0. The first-order valence-electron chi connectivity index (χ1n) is 6.76. The first kappa shape index (κ1) is 12.0. The van der Waals surface area contributed by atoms with Crippen LogP contribution in [0.15, 0.2) is 39.9 Å². The van der Waals surface area contributed by atoms with E-state index in [2.05, 4.69) is 4.98 Å². The second-order valence-electron chi connectivity index (χ2n) is 5.02. The molecule has 0 aliphatic heterocycles. The molecule has 0 radical (unpaired) electrons. The molecule has 0 unspecified atom stereocenters. The molecule has 1 fully saturated rings. The van der Waals surface area contributed by atoms with Crippen LogP contribution >= 0.6 is 0 Å². The zero-order valence-electron chi connectivity index (χ0n) is 10.7. The van der Waals surface area contributed by atoms with Crippen molar-refractivity contribution in [2.75, 3.05) is 0 Å². The Hall–Kier alpha value is -2.04. The minimum absolute atomic E-state index is 0.125. The molecule has 5 heteroatoms. The van der Waals surface area contributed by atoms with Crippen LogP contribution in [0.1, 0.15) is 38.1 Å². The second-order valence-corrected chi connectivity index (χ2v) is 5.02. The Bertz CT molecular complexity index is 660. The summed E-state index contributed by atoms with van der Waals surface area (Å²) in [7, 11) is 0. The van der Waals surface area contributed by atoms with Crippen LogP contribution in [-0.4, -0.2) is 14.3 Å². The van der Waals surface area contributed by atoms with Crippen molar-refractivity contribution < 1.29 is 0 Å². The fraction of sp³-hybridized carbons (Fsp3) is 0.429. The number of hydrogen-bond acceptors (Lipinski definition) is 2. The molecule has 0 atom stereocenters. The van der Waals surface area contributed by atoms with Crippen LogP contribution in [0.2, 0.25) is 0 Å². The number of aromatic nitrogens is 3. The van der Waals surface area contributed by atoms with Crippen molar-refractivity contribution in [1.82, 2.24) is 14.3 Å². The zero-order valence-corrected chi connectivity index (χ0v) is 10.7. The van der Waals surface area contributed by atoms with E-state index in [9.17, 15) is 9.59 Å². The molecule has 1 aliphatic carbocycles. The van der Waals surface area contributed by atoms with Gasteiger partial charge < -0.3 is 0 Å². The summed E-state index contributed by atoms with van der Waals surface area (Å²) in [5.41, 5.74) is 0.0685. The Morgan fingerprint density at radius 3 is 2.32 bits per heavy atom. The summed E-state index contributed by atoms with van der Waals surface area (Å²) in [5.74, 6) is 0. The molecule has 2 aromatic rings. The Balaban J connectivity index is 2.14. The van der Waals surface area contributed by atoms with E-state index in [4.69, 9.17) is 0 Å². The van der Waals surface area contributed by atoms with Crippen molar-refractivity contribution in [3.05, 3.63) is 51.3 Å². The Morgan fingerprint density at radius 2 is 1.63 bits per heavy atom. The molecule has 3 rings (SSSR count). The third kappa shape index (κ3) is 2.16. The summed E-state index contributed by atoms with van der Waals surface area (Å²) in [6.07, 6.45) is 5.37. The third-order valence-electron chi connectivity index (χ3n) is 3.75. The van der Waals surface area contributed by atoms with Crippen LogP contribution in [0, 0.1) is 0 Å². The Kier molecular flexibility index (Phi) is 3.11. The summed E-state index contributed by atoms with van der Waals surface area (Å²) >= 11 is 0. The van der Waals surface area contributed by atoms with E-state index < -0.39 is 0 Å². The van der Waals surface area contributed by atoms with Crippen LogP contribution in [0.25, 0.3) is 5.69 Å². The smallest absolute Gasteiger partial charge is 0.256 e. The highest BCUT2D eigenvalue weighted by Gasteiger charge is 2.21. The number of para-hydroxylation sites is 1. The fourth-order valence-electron chi connectivity index (χ4n) is 2.86. The average Bonchev–Trinajstić information content (AvgIpc) is 2.75. The first-order valence-corrected chi connectivity index (χ1v) is 6.76. The van der Waals surface area contributed by atoms with Gasteiger partial charge in [-0.2, -0.15) is 4.68 Å². The van der Waals surface area contributed by atoms with Gasteiger partial charge in [0.15, 0.2) is 0 Å². The van der Waals surface area contributed by atoms with Gasteiger partial charge in [-0.3, -0.25) is 4.98 Å². The van der Waals surface area contributed by atoms with Crippen molar-refractivity contribution in [3.8, 4) is 5.69 Å². The van der Waals surface area contributed by atoms with Gasteiger partial charge in [-0.25, -0.2) is 14.3 Å². The van der Waals surface area contributed by atoms with Crippen LogP contribution in [-0.2, 0) is 0 Å². The lowest BCUT2D eigenvalue weighted by atomic mass is 9.96. The monoisotopic (exact) mass is 259 g/mol. The van der Waals surface area contributed by atoms with E-state index >= 15 is 0 Å². The highest BCUT2D eigenvalue weighted by atomic mass is 16.2. The van der Waals surface area contributed by atoms with Gasteiger partial charge in [0.25, 0.3) is 0 Å². The normalized spacial score (nSPS) is 16.6. The summed E-state index contributed by atoms with van der Waals surface area (Å²) in [5, 5.41) is 0. The molecule has 1 aromatic heterocycles. The van der Waals surface area contributed by atoms with E-state index in [0.717, 1.165) is 31.4 Å². The van der Waals surface area contributed by atoms with Crippen molar-refractivity contribution in [2.45, 2.75) is 38.1 Å². The van der Waals surface area contributed by atoms with Crippen LogP contribution in [0.4, 0.5) is 0 Å². The lowest BCUT2D eigenvalue weighted by Crippen LogP contribution is -2.30. The summed E-state index contributed by atoms with van der Waals surface area (Å²) in [4.78, 5) is 26.4. The van der Waals surface area contributed by atoms with Gasteiger partial charge in [0.2, 0.25) is 0 Å². The molecule has 5 nitrogen and oxygen atoms in total. The van der Waals surface area contributed by atoms with E-state index in [1.807, 2.05) is 30.3 Å². The number of H-pyrrole nitrogens is 1. The number of benzene rings is 1. The SMILES string of the molecule is O=c1[nH]c(=O)n(C2CCCCC2)n1-c1ccccc1. The fourth-order valence-corrected chi connectivity index (χ4v) is 2.86. The lowest BCUT2D eigenvalue weighted by molar-refractivity contribution is 0.304. The topological polar surface area (TPSA) is 59.8 Å². The van der Waals surface area contributed by atoms with Crippen LogP contribution in [0.5, 0.6) is 0 Å². The molecule has 100 valence electrons. The minimum atomic E-state index is -0.359. The van der Waals surface area contributed by atoms with Gasteiger partial charge in [-0.15, -0.1) is 0 Å². The Morgan fingerprint density at radius 1 is 0.947 bits per heavy atom. The molecular formula is C14H17N3O2. The second kappa shape index (κ2) is 4.91. The third-order valence-corrected chi connectivity index (χ3v) is 3.75. The van der Waals surface area contributed by atoms with Crippen LogP contribution < -0.4 is 11.4 Å². The van der Waals surface area contributed by atoms with Crippen molar-refractivity contribution in [3.63, 3.8) is 0 Å². The van der Waals surface area contributed by atoms with Crippen molar-refractivity contribution >= 4 is 0 Å². The van der Waals surface area contributed by atoms with E-state index in [-0.39, 0.29) is 17.4 Å². The lowest BCUT2D eigenvalue weighted by Gasteiger charge is -2.24. The minimum Gasteiger partial charge on any atom is -0.256 e. The van der Waals surface area contributed by atoms with Crippen molar-refractivity contribution in [2.24, 2.45) is 0 Å². The molecule has 0 bridgehead atoms. The maximum absolute atomic E-state index is 12.0. The van der Waals surface area contributed by atoms with Gasteiger partial charge in [0.1, 0.15) is 0 Å². The number of hydrogen-bond donors (Lipinski definition) is 1. The van der Waals surface area contributed by atoms with Gasteiger partial charge in [-0.05, 0) is 25.0 Å². The quantitative estimate of drug-likeness (QED) is 0.894. The maximum Gasteiger partial charge on any atom is 0.349 e. The molecule has 1 N–H and O–H groups in total. The maximum atomic E-state index is 12.0. The van der Waals surface area contributed by atoms with Gasteiger partial charge in [0, 0.05) is 0 Å². The van der Waals surface area contributed by atoms with Crippen molar-refractivity contribution in [1.29, 1.82) is 0 Å². The summed E-state index contributed by atoms with van der Waals surface area (Å²) < 4.78 is 3.06. The van der Waals surface area contributed by atoms with E-state index in [0.29, 0.717) is 0 Å². The Labute approximate surface area is 110 Å². The van der Waals surface area contributed by atoms with Gasteiger partial charge >= 0.3 is 11.4 Å². The zero-order chi connectivity index (χ0) is 13.2. The van der Waals surface area contributed by atoms with Crippen LogP contribution in [0.3, 0.4) is 0 Å². The van der Waals surface area contributed by atoms with E-state index in [1.54, 1.807) is 4.68 Å². The predicted octanol–water partition coefficient (Wildman–Crippen LogP) is 1.83. The number of aromatic amines is 1. The molecule has 1 heterocycles. The molecule has 0 saturated heterocycles. The number of rotatable bonds is 2.